The number of fused-ring (bicyclic) bond motifs is 4. The zero-order chi connectivity index (χ0) is 24.0. The van der Waals surface area contributed by atoms with E-state index in [2.05, 4.69) is 24.3 Å². The molecule has 5 heteroatoms. The lowest BCUT2D eigenvalue weighted by Gasteiger charge is -2.30. The fourth-order valence-electron chi connectivity index (χ4n) is 4.88. The van der Waals surface area contributed by atoms with Gasteiger partial charge < -0.3 is 14.0 Å². The minimum Gasteiger partial charge on any atom is -0.496 e. The Morgan fingerprint density at radius 3 is 2.09 bits per heavy atom. The number of para-hydroxylation sites is 1. The SMILES string of the molecule is COc1cc(P2(=O)Oc3ccccc3-c3ccccc32)c(OC)cc1-c1cccc2ccccc12. The number of ether oxygens (including phenoxy) is 2. The Morgan fingerprint density at radius 1 is 0.600 bits per heavy atom. The van der Waals surface area contributed by atoms with Crippen molar-refractivity contribution in [3.8, 4) is 39.5 Å². The summed E-state index contributed by atoms with van der Waals surface area (Å²) in [7, 11) is -0.329. The summed E-state index contributed by atoms with van der Waals surface area (Å²) in [5.74, 6) is 1.69. The molecule has 1 unspecified atom stereocenters. The maximum Gasteiger partial charge on any atom is 0.311 e. The van der Waals surface area contributed by atoms with E-state index in [1.54, 1.807) is 20.3 Å². The van der Waals surface area contributed by atoms with Crippen molar-refractivity contribution in [3.05, 3.63) is 103 Å². The number of hydrogen-bond donors (Lipinski definition) is 0. The molecule has 1 aliphatic heterocycles. The van der Waals surface area contributed by atoms with Crippen molar-refractivity contribution in [2.24, 2.45) is 0 Å². The first-order valence-corrected chi connectivity index (χ1v) is 13.0. The van der Waals surface area contributed by atoms with Crippen molar-refractivity contribution >= 4 is 28.8 Å². The summed E-state index contributed by atoms with van der Waals surface area (Å²) in [4.78, 5) is 0. The van der Waals surface area contributed by atoms with Gasteiger partial charge >= 0.3 is 7.37 Å². The minimum atomic E-state index is -3.55. The van der Waals surface area contributed by atoms with Crippen molar-refractivity contribution in [3.63, 3.8) is 0 Å². The van der Waals surface area contributed by atoms with Crippen LogP contribution in [0.4, 0.5) is 0 Å². The molecule has 0 saturated carbocycles. The van der Waals surface area contributed by atoms with Gasteiger partial charge in [-0.3, -0.25) is 4.57 Å². The largest absolute Gasteiger partial charge is 0.496 e. The van der Waals surface area contributed by atoms with Gasteiger partial charge in [0.05, 0.1) is 24.8 Å². The van der Waals surface area contributed by atoms with Crippen molar-refractivity contribution in [1.29, 1.82) is 0 Å². The number of rotatable bonds is 4. The van der Waals surface area contributed by atoms with Crippen LogP contribution in [0.1, 0.15) is 0 Å². The Bertz CT molecular complexity index is 1630. The average molecular weight is 478 g/mol. The van der Waals surface area contributed by atoms with E-state index >= 15 is 0 Å². The molecule has 5 aromatic rings. The molecule has 4 nitrogen and oxygen atoms in total. The normalized spacial score (nSPS) is 16.2. The number of methoxy groups -OCH3 is 2. The van der Waals surface area contributed by atoms with Crippen LogP contribution in [0.3, 0.4) is 0 Å². The molecule has 0 radical (unpaired) electrons. The lowest BCUT2D eigenvalue weighted by atomic mass is 9.97. The summed E-state index contributed by atoms with van der Waals surface area (Å²) < 4.78 is 32.8. The molecule has 1 atom stereocenters. The summed E-state index contributed by atoms with van der Waals surface area (Å²) in [5, 5.41) is 3.35. The lowest BCUT2D eigenvalue weighted by molar-refractivity contribution is 0.406. The maximum absolute atomic E-state index is 14.8. The molecule has 0 amide bonds. The summed E-state index contributed by atoms with van der Waals surface area (Å²) in [6.07, 6.45) is 0. The van der Waals surface area contributed by atoms with Gasteiger partial charge in [0.1, 0.15) is 17.2 Å². The fraction of sp³-hybridized carbons (Fsp3) is 0.0667. The molecule has 0 N–H and O–H groups in total. The molecule has 0 fully saturated rings. The first kappa shape index (κ1) is 21.5. The standard InChI is InChI=1S/C30H23O4P/c1-32-27-19-30(28(33-2)18-25(27)22-15-9-11-20-10-3-4-12-21(20)22)35(31)29-17-8-6-14-24(29)23-13-5-7-16-26(23)34-35/h3-19H,1-2H3. The van der Waals surface area contributed by atoms with Gasteiger partial charge in [-0.15, -0.1) is 0 Å². The Balaban J connectivity index is 1.60. The molecule has 5 aromatic carbocycles. The molecule has 35 heavy (non-hydrogen) atoms. The monoisotopic (exact) mass is 478 g/mol. The minimum absolute atomic E-state index is 0.475. The van der Waals surface area contributed by atoms with Gasteiger partial charge in [-0.25, -0.2) is 0 Å². The summed E-state index contributed by atoms with van der Waals surface area (Å²) in [6, 6.07) is 33.5. The van der Waals surface area contributed by atoms with Gasteiger partial charge in [-0.1, -0.05) is 78.9 Å². The zero-order valence-electron chi connectivity index (χ0n) is 19.4. The van der Waals surface area contributed by atoms with Crippen LogP contribution in [0, 0.1) is 0 Å². The van der Waals surface area contributed by atoms with E-state index in [0.717, 1.165) is 33.0 Å². The van der Waals surface area contributed by atoms with Crippen LogP contribution in [0.25, 0.3) is 33.0 Å². The summed E-state index contributed by atoms with van der Waals surface area (Å²) in [5.41, 5.74) is 3.70. The van der Waals surface area contributed by atoms with Gasteiger partial charge in [0.2, 0.25) is 0 Å². The average Bonchev–Trinajstić information content (AvgIpc) is 2.92. The van der Waals surface area contributed by atoms with Crippen molar-refractivity contribution in [2.45, 2.75) is 0 Å². The van der Waals surface area contributed by atoms with E-state index in [9.17, 15) is 4.57 Å². The van der Waals surface area contributed by atoms with E-state index in [1.807, 2.05) is 72.8 Å². The van der Waals surface area contributed by atoms with Crippen LogP contribution in [-0.4, -0.2) is 14.2 Å². The molecular weight excluding hydrogens is 455 g/mol. The Kier molecular flexibility index (Phi) is 5.12. The molecule has 0 saturated heterocycles. The number of hydrogen-bond acceptors (Lipinski definition) is 4. The highest BCUT2D eigenvalue weighted by Crippen LogP contribution is 2.56. The van der Waals surface area contributed by atoms with E-state index in [0.29, 0.717) is 27.9 Å². The third-order valence-corrected chi connectivity index (χ3v) is 8.99. The van der Waals surface area contributed by atoms with Crippen molar-refractivity contribution < 1.29 is 18.6 Å². The molecule has 0 bridgehead atoms. The molecule has 172 valence electrons. The predicted octanol–water partition coefficient (Wildman–Crippen LogP) is 6.81. The Hall–Kier alpha value is -4.01. The molecule has 0 aromatic heterocycles. The summed E-state index contributed by atoms with van der Waals surface area (Å²) >= 11 is 0. The first-order valence-electron chi connectivity index (χ1n) is 11.4. The topological polar surface area (TPSA) is 44.8 Å². The van der Waals surface area contributed by atoms with Gasteiger partial charge in [-0.05, 0) is 46.2 Å². The highest BCUT2D eigenvalue weighted by Gasteiger charge is 2.40. The van der Waals surface area contributed by atoms with E-state index < -0.39 is 7.37 Å². The van der Waals surface area contributed by atoms with Gasteiger partial charge in [0.25, 0.3) is 0 Å². The van der Waals surface area contributed by atoms with Crippen molar-refractivity contribution in [1.82, 2.24) is 0 Å². The fourth-order valence-corrected chi connectivity index (χ4v) is 7.30. The highest BCUT2D eigenvalue weighted by atomic mass is 31.2. The van der Waals surface area contributed by atoms with Gasteiger partial charge in [0, 0.05) is 11.1 Å². The molecule has 1 aliphatic rings. The second kappa shape index (κ2) is 8.33. The van der Waals surface area contributed by atoms with Crippen LogP contribution in [0.5, 0.6) is 17.2 Å². The van der Waals surface area contributed by atoms with Gasteiger partial charge in [0.15, 0.2) is 0 Å². The molecule has 1 heterocycles. The Labute approximate surface area is 204 Å². The second-order valence-corrected chi connectivity index (χ2v) is 10.7. The number of benzene rings is 5. The third-order valence-electron chi connectivity index (χ3n) is 6.52. The third kappa shape index (κ3) is 3.33. The zero-order valence-corrected chi connectivity index (χ0v) is 20.3. The van der Waals surface area contributed by atoms with Gasteiger partial charge in [-0.2, -0.15) is 0 Å². The van der Waals surface area contributed by atoms with E-state index in [1.165, 1.54) is 0 Å². The maximum atomic E-state index is 14.8. The van der Waals surface area contributed by atoms with E-state index in [4.69, 9.17) is 14.0 Å². The smallest absolute Gasteiger partial charge is 0.311 e. The lowest BCUT2D eigenvalue weighted by Crippen LogP contribution is -2.26. The van der Waals surface area contributed by atoms with E-state index in [-0.39, 0.29) is 0 Å². The van der Waals surface area contributed by atoms with Crippen molar-refractivity contribution in [2.75, 3.05) is 14.2 Å². The van der Waals surface area contributed by atoms with Crippen LogP contribution in [0.15, 0.2) is 103 Å². The molecule has 6 rings (SSSR count). The first-order chi connectivity index (χ1) is 17.1. The van der Waals surface area contributed by atoms with Crippen LogP contribution in [-0.2, 0) is 4.57 Å². The molecule has 0 spiro atoms. The van der Waals surface area contributed by atoms with Crippen LogP contribution in [0.2, 0.25) is 0 Å². The predicted molar refractivity (Wildman–Crippen MR) is 142 cm³/mol. The molecule has 0 aliphatic carbocycles. The highest BCUT2D eigenvalue weighted by molar-refractivity contribution is 7.75. The Morgan fingerprint density at radius 2 is 1.26 bits per heavy atom. The second-order valence-electron chi connectivity index (χ2n) is 8.41. The quantitative estimate of drug-likeness (QED) is 0.266. The summed E-state index contributed by atoms with van der Waals surface area (Å²) in [6.45, 7) is 0. The van der Waals surface area contributed by atoms with Crippen LogP contribution < -0.4 is 24.6 Å². The molecular formula is C30H23O4P. The van der Waals surface area contributed by atoms with Crippen LogP contribution >= 0.6 is 7.37 Å².